The average molecular weight is 437 g/mol. The highest BCUT2D eigenvalue weighted by molar-refractivity contribution is 6.31. The number of nitrogens with zero attached hydrogens (tertiary/aromatic N) is 2. The van der Waals surface area contributed by atoms with Gasteiger partial charge in [-0.25, -0.2) is 0 Å². The molecule has 0 unspecified atom stereocenters. The Bertz CT molecular complexity index is 1230. The van der Waals surface area contributed by atoms with E-state index in [1.165, 1.54) is 6.92 Å². The summed E-state index contributed by atoms with van der Waals surface area (Å²) in [5.41, 5.74) is 1.02. The van der Waals surface area contributed by atoms with Gasteiger partial charge in [-0.2, -0.15) is 5.26 Å². The van der Waals surface area contributed by atoms with Crippen LogP contribution < -0.4 is 10.3 Å². The van der Waals surface area contributed by atoms with Gasteiger partial charge in [-0.3, -0.25) is 14.2 Å². The third-order valence-corrected chi connectivity index (χ3v) is 5.47. The van der Waals surface area contributed by atoms with E-state index >= 15 is 0 Å². The molecule has 0 radical (unpaired) electrons. The number of carbonyl (C=O) groups is 1. The summed E-state index contributed by atoms with van der Waals surface area (Å²) in [6.07, 6.45) is 0.455. The summed E-state index contributed by atoms with van der Waals surface area (Å²) in [5.74, 6) is -0.545. The molecule has 6 nitrogen and oxygen atoms in total. The van der Waals surface area contributed by atoms with Crippen LogP contribution in [0, 0.1) is 25.2 Å². The van der Waals surface area contributed by atoms with Gasteiger partial charge in [0.1, 0.15) is 17.4 Å². The highest BCUT2D eigenvalue weighted by Gasteiger charge is 2.24. The number of hydrogen-bond acceptors (Lipinski definition) is 5. The highest BCUT2D eigenvalue weighted by Crippen LogP contribution is 2.24. The van der Waals surface area contributed by atoms with Crippen LogP contribution in [0.5, 0.6) is 11.6 Å². The monoisotopic (exact) mass is 436 g/mol. The number of aryl methyl sites for hydroxylation is 2. The zero-order valence-corrected chi connectivity index (χ0v) is 17.9. The van der Waals surface area contributed by atoms with Gasteiger partial charge in [0.15, 0.2) is 6.61 Å². The fraction of sp³-hybridized carbons (Fsp3) is 0.208. The number of nitriles is 1. The molecule has 0 spiro atoms. The molecule has 158 valence electrons. The minimum absolute atomic E-state index is 0.0881. The molecule has 3 aromatic rings. The lowest BCUT2D eigenvalue weighted by Crippen LogP contribution is -2.28. The maximum atomic E-state index is 12.9. The first-order chi connectivity index (χ1) is 14.8. The Morgan fingerprint density at radius 2 is 1.90 bits per heavy atom. The van der Waals surface area contributed by atoms with Crippen molar-refractivity contribution in [3.8, 4) is 17.7 Å². The van der Waals surface area contributed by atoms with Gasteiger partial charge in [0.25, 0.3) is 5.56 Å². The maximum Gasteiger partial charge on any atom is 0.271 e. The molecule has 0 atom stereocenters. The Balaban J connectivity index is 1.91. The highest BCUT2D eigenvalue weighted by atomic mass is 35.5. The second-order valence-corrected chi connectivity index (χ2v) is 7.53. The van der Waals surface area contributed by atoms with Crippen LogP contribution in [0.1, 0.15) is 32.6 Å². The summed E-state index contributed by atoms with van der Waals surface area (Å²) in [4.78, 5) is 25.6. The van der Waals surface area contributed by atoms with E-state index in [9.17, 15) is 20.0 Å². The van der Waals surface area contributed by atoms with Crippen LogP contribution in [-0.2, 0) is 13.0 Å². The van der Waals surface area contributed by atoms with E-state index in [1.54, 1.807) is 18.2 Å². The Labute approximate surface area is 184 Å². The van der Waals surface area contributed by atoms with Crippen LogP contribution in [-0.4, -0.2) is 22.1 Å². The zero-order chi connectivity index (χ0) is 22.5. The molecule has 0 aliphatic carbocycles. The minimum atomic E-state index is -0.626. The van der Waals surface area contributed by atoms with Crippen molar-refractivity contribution in [3.63, 3.8) is 0 Å². The summed E-state index contributed by atoms with van der Waals surface area (Å²) < 4.78 is 6.62. The van der Waals surface area contributed by atoms with Gasteiger partial charge < -0.3 is 9.84 Å². The summed E-state index contributed by atoms with van der Waals surface area (Å²) in [5, 5.41) is 20.8. The SMILES string of the molecule is Cc1cc(OCC(=O)c2c(C)c(C#N)c(=O)n(CCc3ccccc3)c2O)ccc1Cl. The van der Waals surface area contributed by atoms with Gasteiger partial charge in [-0.05, 0) is 55.2 Å². The molecule has 7 heteroatoms. The molecule has 2 aromatic carbocycles. The topological polar surface area (TPSA) is 92.3 Å². The van der Waals surface area contributed by atoms with Crippen LogP contribution in [0.2, 0.25) is 5.02 Å². The van der Waals surface area contributed by atoms with Gasteiger partial charge in [0.05, 0.1) is 5.56 Å². The van der Waals surface area contributed by atoms with Gasteiger partial charge in [0, 0.05) is 11.6 Å². The van der Waals surface area contributed by atoms with Crippen molar-refractivity contribution >= 4 is 17.4 Å². The number of halogens is 1. The number of Topliss-reactive ketones (excluding diaryl/α,β-unsaturated/α-hetero) is 1. The number of aromatic hydroxyl groups is 1. The zero-order valence-electron chi connectivity index (χ0n) is 17.2. The van der Waals surface area contributed by atoms with Gasteiger partial charge in [0.2, 0.25) is 11.7 Å². The van der Waals surface area contributed by atoms with E-state index in [0.29, 0.717) is 17.2 Å². The van der Waals surface area contributed by atoms with Gasteiger partial charge >= 0.3 is 0 Å². The maximum absolute atomic E-state index is 12.9. The predicted octanol–water partition coefficient (Wildman–Crippen LogP) is 4.20. The quantitative estimate of drug-likeness (QED) is 0.560. The summed E-state index contributed by atoms with van der Waals surface area (Å²) in [6.45, 7) is 3.05. The standard InChI is InChI=1S/C24H21ClN2O4/c1-15-12-18(8-9-20(15)25)31-14-21(28)22-16(2)19(13-26)23(29)27(24(22)30)11-10-17-6-4-3-5-7-17/h3-9,12,30H,10-11,14H2,1-2H3. The third kappa shape index (κ3) is 4.79. The van der Waals surface area contributed by atoms with E-state index in [-0.39, 0.29) is 29.8 Å². The number of ether oxygens (including phenoxy) is 1. The Morgan fingerprint density at radius 3 is 2.55 bits per heavy atom. The molecule has 0 aliphatic rings. The summed E-state index contributed by atoms with van der Waals surface area (Å²) >= 11 is 6.00. The van der Waals surface area contributed by atoms with Gasteiger partial charge in [-0.1, -0.05) is 41.9 Å². The number of aromatic nitrogens is 1. The number of ketones is 1. The third-order valence-electron chi connectivity index (χ3n) is 5.05. The van der Waals surface area contributed by atoms with Crippen molar-refractivity contribution in [1.82, 2.24) is 4.57 Å². The van der Waals surface area contributed by atoms with E-state index in [1.807, 2.05) is 43.3 Å². The number of carbonyl (C=O) groups excluding carboxylic acids is 1. The molecule has 3 rings (SSSR count). The lowest BCUT2D eigenvalue weighted by molar-refractivity contribution is 0.0916. The molecule has 1 N–H and O–H groups in total. The number of rotatable bonds is 7. The van der Waals surface area contributed by atoms with E-state index in [4.69, 9.17) is 16.3 Å². The minimum Gasteiger partial charge on any atom is -0.494 e. The van der Waals surface area contributed by atoms with Crippen molar-refractivity contribution in [3.05, 3.63) is 91.7 Å². The fourth-order valence-corrected chi connectivity index (χ4v) is 3.42. The molecule has 0 bridgehead atoms. The second kappa shape index (κ2) is 9.50. The number of hydrogen-bond donors (Lipinski definition) is 1. The molecule has 0 amide bonds. The first kappa shape index (κ1) is 22.1. The van der Waals surface area contributed by atoms with E-state index < -0.39 is 17.2 Å². The van der Waals surface area contributed by atoms with Crippen LogP contribution >= 0.6 is 11.6 Å². The first-order valence-corrected chi connectivity index (χ1v) is 10.0. The van der Waals surface area contributed by atoms with Crippen molar-refractivity contribution in [2.75, 3.05) is 6.61 Å². The lowest BCUT2D eigenvalue weighted by atomic mass is 10.0. The second-order valence-electron chi connectivity index (χ2n) is 7.13. The van der Waals surface area contributed by atoms with E-state index in [2.05, 4.69) is 0 Å². The largest absolute Gasteiger partial charge is 0.494 e. The van der Waals surface area contributed by atoms with Gasteiger partial charge in [-0.15, -0.1) is 0 Å². The van der Waals surface area contributed by atoms with Crippen LogP contribution in [0.25, 0.3) is 0 Å². The molecule has 0 saturated carbocycles. The van der Waals surface area contributed by atoms with E-state index in [0.717, 1.165) is 15.7 Å². The van der Waals surface area contributed by atoms with Crippen molar-refractivity contribution in [1.29, 1.82) is 5.26 Å². The molecule has 31 heavy (non-hydrogen) atoms. The predicted molar refractivity (Wildman–Crippen MR) is 118 cm³/mol. The fourth-order valence-electron chi connectivity index (χ4n) is 3.31. The Kier molecular flexibility index (Phi) is 6.78. The molecule has 0 saturated heterocycles. The van der Waals surface area contributed by atoms with Crippen LogP contribution in [0.3, 0.4) is 0 Å². The Hall–Kier alpha value is -3.56. The molecular weight excluding hydrogens is 416 g/mol. The lowest BCUT2D eigenvalue weighted by Gasteiger charge is -2.16. The molecule has 1 heterocycles. The normalized spacial score (nSPS) is 10.5. The smallest absolute Gasteiger partial charge is 0.271 e. The number of benzene rings is 2. The Morgan fingerprint density at radius 1 is 1.19 bits per heavy atom. The first-order valence-electron chi connectivity index (χ1n) is 9.66. The molecule has 1 aromatic heterocycles. The molecular formula is C24H21ClN2O4. The van der Waals surface area contributed by atoms with Crippen LogP contribution in [0.4, 0.5) is 0 Å². The molecule has 0 fully saturated rings. The summed E-state index contributed by atoms with van der Waals surface area (Å²) in [6, 6.07) is 16.3. The van der Waals surface area contributed by atoms with Crippen LogP contribution in [0.15, 0.2) is 53.3 Å². The summed E-state index contributed by atoms with van der Waals surface area (Å²) in [7, 11) is 0. The van der Waals surface area contributed by atoms with Crippen molar-refractivity contribution in [2.24, 2.45) is 0 Å². The molecule has 0 aliphatic heterocycles. The average Bonchev–Trinajstić information content (AvgIpc) is 2.75. The number of pyridine rings is 1. The van der Waals surface area contributed by atoms with Crippen molar-refractivity contribution < 1.29 is 14.6 Å². The van der Waals surface area contributed by atoms with Crippen molar-refractivity contribution in [2.45, 2.75) is 26.8 Å².